The molecule has 7 heteroatoms. The van der Waals surface area contributed by atoms with Gasteiger partial charge >= 0.3 is 0 Å². The number of rotatable bonds is 5. The molecule has 1 aromatic carbocycles. The van der Waals surface area contributed by atoms with Crippen molar-refractivity contribution in [1.82, 2.24) is 14.9 Å². The standard InChI is InChI=1S/C19H25N3O3S/c1-12-5-3-4-6-15(12)20-17(23)13-7-8-14-16(11-13)21-19(26)22(18(14)24)9-10-25-2/h7-8,11-12,15H,3-6,9-10H2,1-2H3,(H,20,23)(H,21,26)/t12-,15-/m1/s1. The van der Waals surface area contributed by atoms with Crippen LogP contribution < -0.4 is 10.9 Å². The SMILES string of the molecule is COCCn1c(=S)[nH]c2cc(C(=O)N[C@@H]3CCCC[C@H]3C)ccc2c1=O. The first-order chi connectivity index (χ1) is 12.5. The fraction of sp³-hybridized carbons (Fsp3) is 0.526. The second-order valence-corrected chi connectivity index (χ2v) is 7.37. The minimum absolute atomic E-state index is 0.103. The molecule has 0 saturated heterocycles. The Morgan fingerprint density at radius 2 is 2.15 bits per heavy atom. The summed E-state index contributed by atoms with van der Waals surface area (Å²) in [7, 11) is 1.58. The van der Waals surface area contributed by atoms with E-state index in [1.54, 1.807) is 25.3 Å². The molecule has 3 rings (SSSR count). The van der Waals surface area contributed by atoms with E-state index in [2.05, 4.69) is 17.2 Å². The number of hydrogen-bond acceptors (Lipinski definition) is 4. The van der Waals surface area contributed by atoms with Gasteiger partial charge in [-0.15, -0.1) is 0 Å². The Morgan fingerprint density at radius 3 is 2.88 bits per heavy atom. The van der Waals surface area contributed by atoms with Gasteiger partial charge < -0.3 is 15.0 Å². The van der Waals surface area contributed by atoms with Crippen LogP contribution >= 0.6 is 12.2 Å². The van der Waals surface area contributed by atoms with E-state index in [1.165, 1.54) is 11.0 Å². The molecule has 2 aromatic rings. The second-order valence-electron chi connectivity index (χ2n) is 6.98. The lowest BCUT2D eigenvalue weighted by Gasteiger charge is -2.29. The van der Waals surface area contributed by atoms with Gasteiger partial charge in [0, 0.05) is 18.7 Å². The molecule has 0 unspecified atom stereocenters. The highest BCUT2D eigenvalue weighted by Gasteiger charge is 2.23. The molecule has 2 atom stereocenters. The molecule has 0 spiro atoms. The fourth-order valence-electron chi connectivity index (χ4n) is 3.56. The van der Waals surface area contributed by atoms with Crippen LogP contribution in [0.4, 0.5) is 0 Å². The number of nitrogens with one attached hydrogen (secondary N) is 2. The molecule has 1 heterocycles. The first kappa shape index (κ1) is 18.8. The fourth-order valence-corrected chi connectivity index (χ4v) is 3.85. The summed E-state index contributed by atoms with van der Waals surface area (Å²) in [5.74, 6) is 0.389. The molecule has 1 saturated carbocycles. The molecule has 2 N–H and O–H groups in total. The van der Waals surface area contributed by atoms with E-state index in [0.29, 0.717) is 40.3 Å². The molecule has 1 aliphatic rings. The third-order valence-electron chi connectivity index (χ3n) is 5.19. The summed E-state index contributed by atoms with van der Waals surface area (Å²) in [4.78, 5) is 28.3. The molecule has 1 amide bonds. The number of carbonyl (C=O) groups excluding carboxylic acids is 1. The zero-order valence-electron chi connectivity index (χ0n) is 15.2. The summed E-state index contributed by atoms with van der Waals surface area (Å²) >= 11 is 5.29. The maximum atomic E-state index is 12.6. The third-order valence-corrected chi connectivity index (χ3v) is 5.51. The number of aromatic amines is 1. The lowest BCUT2D eigenvalue weighted by atomic mass is 9.86. The van der Waals surface area contributed by atoms with E-state index in [9.17, 15) is 9.59 Å². The van der Waals surface area contributed by atoms with Crippen molar-refractivity contribution in [2.24, 2.45) is 5.92 Å². The number of carbonyl (C=O) groups is 1. The number of benzene rings is 1. The molecule has 1 aliphatic carbocycles. The van der Waals surface area contributed by atoms with Gasteiger partial charge in [-0.1, -0.05) is 19.8 Å². The van der Waals surface area contributed by atoms with Crippen LogP contribution in [0.1, 0.15) is 43.0 Å². The van der Waals surface area contributed by atoms with Gasteiger partial charge in [0.2, 0.25) is 0 Å². The van der Waals surface area contributed by atoms with Gasteiger partial charge in [0.25, 0.3) is 11.5 Å². The van der Waals surface area contributed by atoms with Gasteiger partial charge in [-0.05, 0) is 49.2 Å². The highest BCUT2D eigenvalue weighted by molar-refractivity contribution is 7.71. The van der Waals surface area contributed by atoms with E-state index in [0.717, 1.165) is 19.3 Å². The number of fused-ring (bicyclic) bond motifs is 1. The average Bonchev–Trinajstić information content (AvgIpc) is 2.63. The van der Waals surface area contributed by atoms with Gasteiger partial charge in [0.05, 0.1) is 24.1 Å². The van der Waals surface area contributed by atoms with Crippen LogP contribution in [-0.4, -0.2) is 35.2 Å². The summed E-state index contributed by atoms with van der Waals surface area (Å²) in [5.41, 5.74) is 0.946. The molecule has 1 fully saturated rings. The first-order valence-electron chi connectivity index (χ1n) is 9.08. The van der Waals surface area contributed by atoms with Crippen LogP contribution in [0.25, 0.3) is 10.9 Å². The van der Waals surface area contributed by atoms with E-state index in [1.807, 2.05) is 0 Å². The predicted octanol–water partition coefficient (Wildman–Crippen LogP) is 3.01. The Kier molecular flexibility index (Phi) is 5.88. The molecule has 1 aromatic heterocycles. The second kappa shape index (κ2) is 8.14. The van der Waals surface area contributed by atoms with Gasteiger partial charge in [-0.2, -0.15) is 0 Å². The van der Waals surface area contributed by atoms with Crippen molar-refractivity contribution in [3.05, 3.63) is 38.9 Å². The minimum Gasteiger partial charge on any atom is -0.383 e. The van der Waals surface area contributed by atoms with Crippen molar-refractivity contribution in [2.75, 3.05) is 13.7 Å². The van der Waals surface area contributed by atoms with Crippen LogP contribution in [0, 0.1) is 10.7 Å². The van der Waals surface area contributed by atoms with Crippen LogP contribution in [0.15, 0.2) is 23.0 Å². The number of amides is 1. The van der Waals surface area contributed by atoms with Crippen molar-refractivity contribution < 1.29 is 9.53 Å². The molecular formula is C19H25N3O3S. The normalized spacial score (nSPS) is 20.2. The highest BCUT2D eigenvalue weighted by atomic mass is 32.1. The Balaban J connectivity index is 1.88. The summed E-state index contributed by atoms with van der Waals surface area (Å²) in [6, 6.07) is 5.30. The number of aromatic nitrogens is 2. The van der Waals surface area contributed by atoms with Crippen LogP contribution in [0.2, 0.25) is 0 Å². The lowest BCUT2D eigenvalue weighted by Crippen LogP contribution is -2.41. The van der Waals surface area contributed by atoms with Crippen molar-refractivity contribution in [2.45, 2.75) is 45.2 Å². The molecule has 0 radical (unpaired) electrons. The summed E-state index contributed by atoms with van der Waals surface area (Å²) in [6.07, 6.45) is 4.56. The number of H-pyrrole nitrogens is 1. The van der Waals surface area contributed by atoms with E-state index >= 15 is 0 Å². The summed E-state index contributed by atoms with van der Waals surface area (Å²) in [6.45, 7) is 2.98. The van der Waals surface area contributed by atoms with Gasteiger partial charge in [-0.3, -0.25) is 14.2 Å². The Labute approximate surface area is 157 Å². The van der Waals surface area contributed by atoms with Crippen molar-refractivity contribution in [3.8, 4) is 0 Å². The van der Waals surface area contributed by atoms with Gasteiger partial charge in [-0.25, -0.2) is 0 Å². The van der Waals surface area contributed by atoms with Crippen molar-refractivity contribution >= 4 is 29.0 Å². The summed E-state index contributed by atoms with van der Waals surface area (Å²) in [5, 5.41) is 3.65. The molecule has 0 bridgehead atoms. The van der Waals surface area contributed by atoms with Crippen LogP contribution in [0.5, 0.6) is 0 Å². The maximum Gasteiger partial charge on any atom is 0.262 e. The van der Waals surface area contributed by atoms with Crippen molar-refractivity contribution in [1.29, 1.82) is 0 Å². The Morgan fingerprint density at radius 1 is 1.38 bits per heavy atom. The van der Waals surface area contributed by atoms with Gasteiger partial charge in [0.1, 0.15) is 0 Å². The largest absolute Gasteiger partial charge is 0.383 e. The number of ether oxygens (including phenoxy) is 1. The number of methoxy groups -OCH3 is 1. The minimum atomic E-state index is -0.173. The smallest absolute Gasteiger partial charge is 0.262 e. The Bertz CT molecular complexity index is 918. The number of hydrogen-bond donors (Lipinski definition) is 2. The van der Waals surface area contributed by atoms with E-state index in [-0.39, 0.29) is 17.5 Å². The highest BCUT2D eigenvalue weighted by Crippen LogP contribution is 2.24. The lowest BCUT2D eigenvalue weighted by molar-refractivity contribution is 0.0910. The first-order valence-corrected chi connectivity index (χ1v) is 9.48. The summed E-state index contributed by atoms with van der Waals surface area (Å²) < 4.78 is 6.83. The topological polar surface area (TPSA) is 76.1 Å². The third kappa shape index (κ3) is 3.88. The van der Waals surface area contributed by atoms with E-state index < -0.39 is 0 Å². The van der Waals surface area contributed by atoms with E-state index in [4.69, 9.17) is 17.0 Å². The molecule has 26 heavy (non-hydrogen) atoms. The predicted molar refractivity (Wildman–Crippen MR) is 104 cm³/mol. The quantitative estimate of drug-likeness (QED) is 0.788. The zero-order chi connectivity index (χ0) is 18.7. The van der Waals surface area contributed by atoms with Crippen LogP contribution in [-0.2, 0) is 11.3 Å². The molecule has 140 valence electrons. The molecular weight excluding hydrogens is 350 g/mol. The molecule has 6 nitrogen and oxygen atoms in total. The monoisotopic (exact) mass is 375 g/mol. The average molecular weight is 375 g/mol. The number of nitrogens with zero attached hydrogens (tertiary/aromatic N) is 1. The van der Waals surface area contributed by atoms with Crippen LogP contribution in [0.3, 0.4) is 0 Å². The Hall–Kier alpha value is -1.99. The van der Waals surface area contributed by atoms with Crippen molar-refractivity contribution in [3.63, 3.8) is 0 Å². The van der Waals surface area contributed by atoms with Gasteiger partial charge in [0.15, 0.2) is 4.77 Å². The zero-order valence-corrected chi connectivity index (χ0v) is 16.0. The maximum absolute atomic E-state index is 12.6. The molecule has 0 aliphatic heterocycles.